The summed E-state index contributed by atoms with van der Waals surface area (Å²) in [4.78, 5) is 11.4. The van der Waals surface area contributed by atoms with E-state index in [-0.39, 0.29) is 0 Å². The molecule has 0 aromatic heterocycles. The van der Waals surface area contributed by atoms with Crippen LogP contribution in [0.2, 0.25) is 0 Å². The molecule has 0 bridgehead atoms. The van der Waals surface area contributed by atoms with Gasteiger partial charge in [0.2, 0.25) is 0 Å². The van der Waals surface area contributed by atoms with Gasteiger partial charge in [-0.3, -0.25) is 5.32 Å². The molecule has 0 spiro atoms. The number of amides is 1. The monoisotopic (exact) mass is 217 g/mol. The van der Waals surface area contributed by atoms with E-state index in [9.17, 15) is 4.79 Å². The maximum absolute atomic E-state index is 11.4. The molecule has 0 aromatic carbocycles. The van der Waals surface area contributed by atoms with Crippen molar-refractivity contribution in [2.24, 2.45) is 0 Å². The summed E-state index contributed by atoms with van der Waals surface area (Å²) < 4.78 is 15.8. The molecule has 1 atom stereocenters. The van der Waals surface area contributed by atoms with Gasteiger partial charge in [-0.2, -0.15) is 0 Å². The van der Waals surface area contributed by atoms with Crippen LogP contribution >= 0.6 is 0 Å². The molecule has 5 heteroatoms. The molecule has 15 heavy (non-hydrogen) atoms. The molecule has 1 rings (SSSR count). The lowest BCUT2D eigenvalue weighted by Crippen LogP contribution is -2.41. The van der Waals surface area contributed by atoms with Gasteiger partial charge in [0, 0.05) is 0 Å². The Morgan fingerprint density at radius 1 is 1.47 bits per heavy atom. The zero-order chi connectivity index (χ0) is 11.7. The van der Waals surface area contributed by atoms with Gasteiger partial charge < -0.3 is 14.2 Å². The van der Waals surface area contributed by atoms with E-state index in [1.807, 2.05) is 20.8 Å². The van der Waals surface area contributed by atoms with Crippen LogP contribution in [0.15, 0.2) is 0 Å². The van der Waals surface area contributed by atoms with Crippen LogP contribution in [0.1, 0.15) is 34.6 Å². The lowest BCUT2D eigenvalue weighted by atomic mass is 10.2. The van der Waals surface area contributed by atoms with Gasteiger partial charge in [-0.1, -0.05) is 0 Å². The fourth-order valence-corrected chi connectivity index (χ4v) is 1.20. The van der Waals surface area contributed by atoms with Crippen molar-refractivity contribution in [3.63, 3.8) is 0 Å². The Bertz CT molecular complexity index is 244. The summed E-state index contributed by atoms with van der Waals surface area (Å²) in [6, 6.07) is 0. The third-order valence-electron chi connectivity index (χ3n) is 1.69. The molecule has 1 fully saturated rings. The number of hydrogen-bond donors (Lipinski definition) is 1. The fraction of sp³-hybridized carbons (Fsp3) is 0.900. The van der Waals surface area contributed by atoms with Gasteiger partial charge in [0.15, 0.2) is 12.0 Å². The summed E-state index contributed by atoms with van der Waals surface area (Å²) in [6.07, 6.45) is -0.927. The van der Waals surface area contributed by atoms with Gasteiger partial charge >= 0.3 is 6.09 Å². The summed E-state index contributed by atoms with van der Waals surface area (Å²) >= 11 is 0. The molecular formula is C10H19NO4. The Labute approximate surface area is 90.1 Å². The second-order valence-electron chi connectivity index (χ2n) is 4.96. The SMILES string of the molecule is CC(C)(C)OC(=O)NC1COC(C)(C)O1. The van der Waals surface area contributed by atoms with Gasteiger partial charge in [0.05, 0.1) is 6.61 Å². The van der Waals surface area contributed by atoms with E-state index in [0.29, 0.717) is 6.61 Å². The molecule has 0 aliphatic carbocycles. The van der Waals surface area contributed by atoms with Gasteiger partial charge in [0.25, 0.3) is 0 Å². The van der Waals surface area contributed by atoms with Crippen LogP contribution in [0, 0.1) is 0 Å². The van der Waals surface area contributed by atoms with Gasteiger partial charge in [-0.05, 0) is 34.6 Å². The van der Waals surface area contributed by atoms with Crippen molar-refractivity contribution in [1.82, 2.24) is 5.32 Å². The molecule has 88 valence electrons. The Hall–Kier alpha value is -0.810. The molecule has 1 heterocycles. The van der Waals surface area contributed by atoms with E-state index in [1.165, 1.54) is 0 Å². The van der Waals surface area contributed by atoms with E-state index < -0.39 is 23.7 Å². The first-order chi connectivity index (χ1) is 6.68. The topological polar surface area (TPSA) is 56.8 Å². The maximum Gasteiger partial charge on any atom is 0.409 e. The van der Waals surface area contributed by atoms with Crippen molar-refractivity contribution in [1.29, 1.82) is 0 Å². The minimum absolute atomic E-state index is 0.340. The van der Waals surface area contributed by atoms with Crippen LogP contribution in [0.5, 0.6) is 0 Å². The van der Waals surface area contributed by atoms with Crippen LogP contribution in [0.25, 0.3) is 0 Å². The second-order valence-corrected chi connectivity index (χ2v) is 4.96. The van der Waals surface area contributed by atoms with Crippen LogP contribution in [0.3, 0.4) is 0 Å². The summed E-state index contributed by atoms with van der Waals surface area (Å²) in [7, 11) is 0. The zero-order valence-corrected chi connectivity index (χ0v) is 9.92. The molecule has 5 nitrogen and oxygen atoms in total. The number of hydrogen-bond acceptors (Lipinski definition) is 4. The number of carbonyl (C=O) groups is 1. The van der Waals surface area contributed by atoms with Crippen molar-refractivity contribution >= 4 is 6.09 Å². The minimum Gasteiger partial charge on any atom is -0.444 e. The molecule has 1 N–H and O–H groups in total. The Balaban J connectivity index is 2.34. The van der Waals surface area contributed by atoms with Gasteiger partial charge in [0.1, 0.15) is 5.60 Å². The van der Waals surface area contributed by atoms with Crippen LogP contribution in [0.4, 0.5) is 4.79 Å². The maximum atomic E-state index is 11.4. The normalized spacial score (nSPS) is 25.0. The van der Waals surface area contributed by atoms with E-state index in [2.05, 4.69) is 5.32 Å². The van der Waals surface area contributed by atoms with E-state index >= 15 is 0 Å². The molecule has 0 radical (unpaired) electrons. The highest BCUT2D eigenvalue weighted by Crippen LogP contribution is 2.21. The van der Waals surface area contributed by atoms with E-state index in [4.69, 9.17) is 14.2 Å². The number of nitrogens with one attached hydrogen (secondary N) is 1. The van der Waals surface area contributed by atoms with Crippen LogP contribution in [-0.4, -0.2) is 30.3 Å². The molecular weight excluding hydrogens is 198 g/mol. The first-order valence-corrected chi connectivity index (χ1v) is 4.99. The first kappa shape index (κ1) is 12.3. The fourth-order valence-electron chi connectivity index (χ4n) is 1.20. The summed E-state index contributed by atoms with van der Waals surface area (Å²) in [6.45, 7) is 9.35. The zero-order valence-electron chi connectivity index (χ0n) is 9.92. The average molecular weight is 217 g/mol. The third-order valence-corrected chi connectivity index (χ3v) is 1.69. The molecule has 0 saturated carbocycles. The first-order valence-electron chi connectivity index (χ1n) is 4.99. The average Bonchev–Trinajstić information content (AvgIpc) is 2.25. The van der Waals surface area contributed by atoms with Crippen molar-refractivity contribution in [2.75, 3.05) is 6.61 Å². The highest BCUT2D eigenvalue weighted by atomic mass is 16.8. The lowest BCUT2D eigenvalue weighted by molar-refractivity contribution is -0.141. The smallest absolute Gasteiger partial charge is 0.409 e. The van der Waals surface area contributed by atoms with Crippen LogP contribution in [-0.2, 0) is 14.2 Å². The second kappa shape index (κ2) is 3.98. The lowest BCUT2D eigenvalue weighted by Gasteiger charge is -2.22. The number of alkyl carbamates (subject to hydrolysis) is 1. The van der Waals surface area contributed by atoms with Gasteiger partial charge in [-0.25, -0.2) is 4.79 Å². The predicted octanol–water partition coefficient (Wildman–Crippen LogP) is 1.62. The quantitative estimate of drug-likeness (QED) is 0.725. The summed E-state index contributed by atoms with van der Waals surface area (Å²) in [5, 5.41) is 2.58. The number of ether oxygens (including phenoxy) is 3. The van der Waals surface area contributed by atoms with E-state index in [0.717, 1.165) is 0 Å². The minimum atomic E-state index is -0.639. The molecule has 1 aliphatic rings. The third kappa shape index (κ3) is 4.48. The molecule has 1 amide bonds. The summed E-state index contributed by atoms with van der Waals surface area (Å²) in [5.74, 6) is -0.639. The molecule has 1 aliphatic heterocycles. The van der Waals surface area contributed by atoms with Crippen molar-refractivity contribution < 1.29 is 19.0 Å². The Morgan fingerprint density at radius 2 is 2.07 bits per heavy atom. The standard InChI is InChI=1S/C10H19NO4/c1-9(2,3)15-8(12)11-7-6-13-10(4,5)14-7/h7H,6H2,1-5H3,(H,11,12). The van der Waals surface area contributed by atoms with Crippen LogP contribution < -0.4 is 5.32 Å². The number of carbonyl (C=O) groups excluding carboxylic acids is 1. The molecule has 1 saturated heterocycles. The van der Waals surface area contributed by atoms with Crippen molar-refractivity contribution in [3.05, 3.63) is 0 Å². The molecule has 0 aromatic rings. The summed E-state index contributed by atoms with van der Waals surface area (Å²) in [5.41, 5.74) is -0.501. The van der Waals surface area contributed by atoms with E-state index in [1.54, 1.807) is 13.8 Å². The highest BCUT2D eigenvalue weighted by Gasteiger charge is 2.34. The number of rotatable bonds is 1. The van der Waals surface area contributed by atoms with Gasteiger partial charge in [-0.15, -0.1) is 0 Å². The Morgan fingerprint density at radius 3 is 2.47 bits per heavy atom. The largest absolute Gasteiger partial charge is 0.444 e. The van der Waals surface area contributed by atoms with Crippen molar-refractivity contribution in [2.45, 2.75) is 52.2 Å². The van der Waals surface area contributed by atoms with Crippen molar-refractivity contribution in [3.8, 4) is 0 Å². The Kier molecular flexibility index (Phi) is 3.25. The highest BCUT2D eigenvalue weighted by molar-refractivity contribution is 5.67. The molecule has 1 unspecified atom stereocenters. The predicted molar refractivity (Wildman–Crippen MR) is 54.3 cm³/mol.